The van der Waals surface area contributed by atoms with E-state index in [0.717, 1.165) is 11.3 Å². The lowest BCUT2D eigenvalue weighted by Gasteiger charge is -2.13. The van der Waals surface area contributed by atoms with Crippen molar-refractivity contribution in [2.75, 3.05) is 44.6 Å². The van der Waals surface area contributed by atoms with E-state index in [1.165, 1.54) is 7.11 Å². The zero-order valence-electron chi connectivity index (χ0n) is 16.9. The highest BCUT2D eigenvalue weighted by Gasteiger charge is 2.11. The van der Waals surface area contributed by atoms with Crippen molar-refractivity contribution in [1.82, 2.24) is 0 Å². The van der Waals surface area contributed by atoms with Crippen molar-refractivity contribution in [1.29, 1.82) is 0 Å². The van der Waals surface area contributed by atoms with E-state index in [0.29, 0.717) is 23.6 Å². The zero-order chi connectivity index (χ0) is 21.2. The lowest BCUT2D eigenvalue weighted by atomic mass is 10.1. The molecule has 1 N–H and O–H groups in total. The maximum absolute atomic E-state index is 11.9. The molecule has 0 fully saturated rings. The minimum Gasteiger partial charge on any atom is -0.493 e. The van der Waals surface area contributed by atoms with Crippen molar-refractivity contribution in [2.24, 2.45) is 0 Å². The lowest BCUT2D eigenvalue weighted by Crippen LogP contribution is -2.23. The first-order valence-corrected chi connectivity index (χ1v) is 9.06. The minimum atomic E-state index is -0.652. The van der Waals surface area contributed by atoms with Crippen LogP contribution in [-0.2, 0) is 20.7 Å². The third kappa shape index (κ3) is 6.88. The fourth-order valence-electron chi connectivity index (χ4n) is 2.49. The van der Waals surface area contributed by atoms with Crippen LogP contribution in [-0.4, -0.2) is 46.3 Å². The maximum Gasteiger partial charge on any atom is 0.344 e. The fraction of sp³-hybridized carbons (Fsp3) is 0.273. The maximum atomic E-state index is 11.9. The Labute approximate surface area is 170 Å². The van der Waals surface area contributed by atoms with Gasteiger partial charge >= 0.3 is 5.97 Å². The number of methoxy groups -OCH3 is 1. The number of hydrogen-bond acceptors (Lipinski definition) is 6. The van der Waals surface area contributed by atoms with Crippen LogP contribution < -0.4 is 19.7 Å². The van der Waals surface area contributed by atoms with Crippen molar-refractivity contribution in [3.8, 4) is 11.5 Å². The normalized spacial score (nSPS) is 10.0. The number of benzene rings is 2. The minimum absolute atomic E-state index is 0.331. The molecular weight excluding hydrogens is 372 g/mol. The largest absolute Gasteiger partial charge is 0.493 e. The molecule has 0 saturated carbocycles. The van der Waals surface area contributed by atoms with E-state index in [9.17, 15) is 9.59 Å². The second-order valence-corrected chi connectivity index (χ2v) is 6.42. The van der Waals surface area contributed by atoms with Crippen molar-refractivity contribution in [3.63, 3.8) is 0 Å². The van der Waals surface area contributed by atoms with E-state index >= 15 is 0 Å². The number of nitrogens with one attached hydrogen (secondary N) is 1. The lowest BCUT2D eigenvalue weighted by molar-refractivity contribution is -0.149. The highest BCUT2D eigenvalue weighted by atomic mass is 16.6. The van der Waals surface area contributed by atoms with E-state index in [-0.39, 0.29) is 6.61 Å². The number of nitrogens with zero attached hydrogens (tertiary/aromatic N) is 1. The highest BCUT2D eigenvalue weighted by Crippen LogP contribution is 2.28. The third-order valence-electron chi connectivity index (χ3n) is 3.99. The Hall–Kier alpha value is -3.48. The van der Waals surface area contributed by atoms with E-state index in [4.69, 9.17) is 14.2 Å². The molecule has 0 saturated heterocycles. The number of carbonyl (C=O) groups is 2. The van der Waals surface area contributed by atoms with Gasteiger partial charge < -0.3 is 24.4 Å². The Kier molecular flexibility index (Phi) is 8.09. The number of allylic oxidation sites excluding steroid dienone is 1. The summed E-state index contributed by atoms with van der Waals surface area (Å²) in [5, 5.41) is 2.67. The number of ether oxygens (including phenoxy) is 3. The van der Waals surface area contributed by atoms with Gasteiger partial charge in [-0.1, -0.05) is 12.1 Å². The van der Waals surface area contributed by atoms with Crippen LogP contribution in [0.1, 0.15) is 5.56 Å². The van der Waals surface area contributed by atoms with Crippen molar-refractivity contribution in [3.05, 3.63) is 60.7 Å². The number of esters is 1. The average molecular weight is 398 g/mol. The van der Waals surface area contributed by atoms with Crippen molar-refractivity contribution >= 4 is 23.3 Å². The van der Waals surface area contributed by atoms with E-state index in [1.54, 1.807) is 24.3 Å². The summed E-state index contributed by atoms with van der Waals surface area (Å²) in [4.78, 5) is 25.8. The first-order valence-electron chi connectivity index (χ1n) is 9.06. The van der Waals surface area contributed by atoms with E-state index < -0.39 is 18.5 Å². The zero-order valence-corrected chi connectivity index (χ0v) is 16.9. The summed E-state index contributed by atoms with van der Waals surface area (Å²) in [6.45, 7) is 2.97. The first-order chi connectivity index (χ1) is 13.9. The SMILES string of the molecule is C=CCc1ccc(OCC(=O)OCC(=O)Nc2ccc(N(C)C)cc2)c(OC)c1. The molecule has 2 aromatic rings. The third-order valence-corrected chi connectivity index (χ3v) is 3.99. The van der Waals surface area contributed by atoms with Gasteiger partial charge in [-0.3, -0.25) is 4.79 Å². The molecule has 0 spiro atoms. The van der Waals surface area contributed by atoms with Crippen LogP contribution in [0, 0.1) is 0 Å². The predicted molar refractivity (Wildman–Crippen MR) is 113 cm³/mol. The topological polar surface area (TPSA) is 77.1 Å². The molecule has 0 heterocycles. The fourth-order valence-corrected chi connectivity index (χ4v) is 2.49. The van der Waals surface area contributed by atoms with Crippen LogP contribution in [0.4, 0.5) is 11.4 Å². The molecule has 0 aliphatic carbocycles. The van der Waals surface area contributed by atoms with Crippen LogP contribution in [0.5, 0.6) is 11.5 Å². The second kappa shape index (κ2) is 10.8. The van der Waals surface area contributed by atoms with Crippen LogP contribution in [0.25, 0.3) is 0 Å². The van der Waals surface area contributed by atoms with Crippen LogP contribution in [0.2, 0.25) is 0 Å². The average Bonchev–Trinajstić information content (AvgIpc) is 2.71. The number of anilines is 2. The van der Waals surface area contributed by atoms with Gasteiger partial charge in [0.05, 0.1) is 7.11 Å². The van der Waals surface area contributed by atoms with Gasteiger partial charge in [0, 0.05) is 25.5 Å². The van der Waals surface area contributed by atoms with Gasteiger partial charge in [-0.05, 0) is 48.4 Å². The molecule has 0 aromatic heterocycles. The molecule has 7 nitrogen and oxygen atoms in total. The Balaban J connectivity index is 1.79. The number of hydrogen-bond donors (Lipinski definition) is 1. The predicted octanol–water partition coefficient (Wildman–Crippen LogP) is 3.05. The Morgan fingerprint density at radius 2 is 1.79 bits per heavy atom. The van der Waals surface area contributed by atoms with Crippen LogP contribution in [0.3, 0.4) is 0 Å². The smallest absolute Gasteiger partial charge is 0.344 e. The Morgan fingerprint density at radius 1 is 1.07 bits per heavy atom. The molecule has 29 heavy (non-hydrogen) atoms. The molecule has 0 aliphatic rings. The van der Waals surface area contributed by atoms with Gasteiger partial charge in [0.15, 0.2) is 24.7 Å². The first kappa shape index (κ1) is 21.8. The molecule has 0 radical (unpaired) electrons. The second-order valence-electron chi connectivity index (χ2n) is 6.42. The Morgan fingerprint density at radius 3 is 2.41 bits per heavy atom. The summed E-state index contributed by atoms with van der Waals surface area (Å²) in [5.41, 5.74) is 2.65. The van der Waals surface area contributed by atoms with Gasteiger partial charge in [0.1, 0.15) is 0 Å². The molecule has 2 rings (SSSR count). The molecule has 0 atom stereocenters. The molecule has 2 aromatic carbocycles. The van der Waals surface area contributed by atoms with Crippen LogP contribution in [0.15, 0.2) is 55.1 Å². The number of amides is 1. The number of rotatable bonds is 10. The quantitative estimate of drug-likeness (QED) is 0.490. The highest BCUT2D eigenvalue weighted by molar-refractivity contribution is 5.93. The molecule has 7 heteroatoms. The summed E-state index contributed by atoms with van der Waals surface area (Å²) in [5.74, 6) is -0.151. The van der Waals surface area contributed by atoms with Gasteiger partial charge in [0.2, 0.25) is 0 Å². The molecule has 0 unspecified atom stereocenters. The van der Waals surface area contributed by atoms with Crippen LogP contribution >= 0.6 is 0 Å². The molecule has 154 valence electrons. The summed E-state index contributed by atoms with van der Waals surface area (Å²) in [6, 6.07) is 12.7. The summed E-state index contributed by atoms with van der Waals surface area (Å²) in [7, 11) is 5.38. The van der Waals surface area contributed by atoms with Gasteiger partial charge in [-0.25, -0.2) is 4.79 Å². The van der Waals surface area contributed by atoms with E-state index in [2.05, 4.69) is 11.9 Å². The Bertz CT molecular complexity index is 847. The summed E-state index contributed by atoms with van der Waals surface area (Å²) < 4.78 is 15.7. The molecular formula is C22H26N2O5. The summed E-state index contributed by atoms with van der Waals surface area (Å²) >= 11 is 0. The van der Waals surface area contributed by atoms with Gasteiger partial charge in [-0.2, -0.15) is 0 Å². The van der Waals surface area contributed by atoms with Gasteiger partial charge in [0.25, 0.3) is 5.91 Å². The molecule has 0 aliphatic heterocycles. The number of carbonyl (C=O) groups excluding carboxylic acids is 2. The standard InChI is InChI=1S/C22H26N2O5/c1-5-6-16-7-12-19(20(13-16)27-4)28-15-22(26)29-14-21(25)23-17-8-10-18(11-9-17)24(2)3/h5,7-13H,1,6,14-15H2,2-4H3,(H,23,25). The molecule has 0 bridgehead atoms. The monoisotopic (exact) mass is 398 g/mol. The van der Waals surface area contributed by atoms with Gasteiger partial charge in [-0.15, -0.1) is 6.58 Å². The van der Waals surface area contributed by atoms with E-state index in [1.807, 2.05) is 43.3 Å². The van der Waals surface area contributed by atoms with Crippen molar-refractivity contribution in [2.45, 2.75) is 6.42 Å². The van der Waals surface area contributed by atoms with Crippen molar-refractivity contribution < 1.29 is 23.8 Å². The summed E-state index contributed by atoms with van der Waals surface area (Å²) in [6.07, 6.45) is 2.49. The molecule has 1 amide bonds.